The summed E-state index contributed by atoms with van der Waals surface area (Å²) in [5, 5.41) is 0. The first-order valence-electron chi connectivity index (χ1n) is 6.07. The monoisotopic (exact) mass is 255 g/mol. The average molecular weight is 255 g/mol. The summed E-state index contributed by atoms with van der Waals surface area (Å²) in [5.74, 6) is 0.0750. The molecule has 1 heterocycles. The number of aryl methyl sites for hydroxylation is 2. The van der Waals surface area contributed by atoms with Crippen LogP contribution >= 0.6 is 0 Å². The number of hydrogen-bond acceptors (Lipinski definition) is 2. The van der Waals surface area contributed by atoms with Gasteiger partial charge in [0.2, 0.25) is 5.95 Å². The number of nitrogen functional groups attached to an aromatic ring is 1. The molecule has 0 fully saturated rings. The Morgan fingerprint density at radius 2 is 1.89 bits per heavy atom. The molecule has 0 spiro atoms. The summed E-state index contributed by atoms with van der Waals surface area (Å²) in [6, 6.07) is 10.5. The summed E-state index contributed by atoms with van der Waals surface area (Å²) < 4.78 is 15.2. The Morgan fingerprint density at radius 3 is 2.63 bits per heavy atom. The van der Waals surface area contributed by atoms with Crippen molar-refractivity contribution in [3.63, 3.8) is 0 Å². The first-order valence-corrected chi connectivity index (χ1v) is 6.07. The number of nitrogens with two attached hydrogens (primary N) is 1. The highest BCUT2D eigenvalue weighted by molar-refractivity contribution is 5.81. The minimum Gasteiger partial charge on any atom is -0.369 e. The first-order chi connectivity index (χ1) is 9.06. The van der Waals surface area contributed by atoms with Crippen LogP contribution in [-0.4, -0.2) is 9.55 Å². The van der Waals surface area contributed by atoms with E-state index >= 15 is 0 Å². The van der Waals surface area contributed by atoms with Gasteiger partial charge in [-0.05, 0) is 37.6 Å². The van der Waals surface area contributed by atoms with Gasteiger partial charge in [0.05, 0.1) is 16.7 Å². The third-order valence-electron chi connectivity index (χ3n) is 3.24. The SMILES string of the molecule is Cc1ccc(-n2c(N)nc3ccc(F)cc32)c(C)c1. The second kappa shape index (κ2) is 4.09. The molecule has 3 nitrogen and oxygen atoms in total. The number of benzene rings is 2. The molecule has 3 aromatic rings. The zero-order chi connectivity index (χ0) is 13.6. The van der Waals surface area contributed by atoms with E-state index in [9.17, 15) is 4.39 Å². The molecule has 2 N–H and O–H groups in total. The number of halogens is 1. The van der Waals surface area contributed by atoms with Gasteiger partial charge < -0.3 is 5.73 Å². The van der Waals surface area contributed by atoms with E-state index in [1.807, 2.05) is 26.0 Å². The topological polar surface area (TPSA) is 43.8 Å². The Balaban J connectivity index is 2.35. The van der Waals surface area contributed by atoms with Crippen LogP contribution in [0.15, 0.2) is 36.4 Å². The highest BCUT2D eigenvalue weighted by Gasteiger charge is 2.12. The lowest BCUT2D eigenvalue weighted by atomic mass is 10.1. The van der Waals surface area contributed by atoms with E-state index in [-0.39, 0.29) is 5.82 Å². The third-order valence-corrected chi connectivity index (χ3v) is 3.24. The predicted molar refractivity (Wildman–Crippen MR) is 74.9 cm³/mol. The van der Waals surface area contributed by atoms with Gasteiger partial charge in [-0.1, -0.05) is 17.7 Å². The molecule has 96 valence electrons. The Hall–Kier alpha value is -2.36. The summed E-state index contributed by atoms with van der Waals surface area (Å²) in [4.78, 5) is 4.27. The normalized spacial score (nSPS) is 11.1. The van der Waals surface area contributed by atoms with Gasteiger partial charge in [-0.25, -0.2) is 9.37 Å². The quantitative estimate of drug-likeness (QED) is 0.724. The molecule has 0 aliphatic heterocycles. The van der Waals surface area contributed by atoms with Crippen LogP contribution < -0.4 is 5.73 Å². The van der Waals surface area contributed by atoms with Crippen molar-refractivity contribution in [3.05, 3.63) is 53.3 Å². The Bertz CT molecular complexity index is 774. The molecule has 0 unspecified atom stereocenters. The summed E-state index contributed by atoms with van der Waals surface area (Å²) >= 11 is 0. The number of hydrogen-bond donors (Lipinski definition) is 1. The van der Waals surface area contributed by atoms with Gasteiger partial charge in [0.25, 0.3) is 0 Å². The molecular formula is C15H14FN3. The fourth-order valence-corrected chi connectivity index (χ4v) is 2.38. The lowest BCUT2D eigenvalue weighted by Gasteiger charge is -2.10. The number of imidazole rings is 1. The van der Waals surface area contributed by atoms with Gasteiger partial charge >= 0.3 is 0 Å². The molecule has 2 aromatic carbocycles. The van der Waals surface area contributed by atoms with E-state index in [4.69, 9.17) is 5.73 Å². The lowest BCUT2D eigenvalue weighted by Crippen LogP contribution is -2.02. The second-order valence-corrected chi connectivity index (χ2v) is 4.73. The van der Waals surface area contributed by atoms with Crippen LogP contribution in [0.25, 0.3) is 16.7 Å². The summed E-state index contributed by atoms with van der Waals surface area (Å²) in [5.41, 5.74) is 10.5. The number of anilines is 1. The lowest BCUT2D eigenvalue weighted by molar-refractivity contribution is 0.629. The number of nitrogens with zero attached hydrogens (tertiary/aromatic N) is 2. The first kappa shape index (κ1) is 11.7. The van der Waals surface area contributed by atoms with Crippen molar-refractivity contribution >= 4 is 17.0 Å². The molecule has 0 saturated heterocycles. The number of rotatable bonds is 1. The molecule has 0 bridgehead atoms. The third kappa shape index (κ3) is 1.85. The fourth-order valence-electron chi connectivity index (χ4n) is 2.38. The summed E-state index contributed by atoms with van der Waals surface area (Å²) in [7, 11) is 0. The van der Waals surface area contributed by atoms with Crippen LogP contribution in [0.1, 0.15) is 11.1 Å². The van der Waals surface area contributed by atoms with Gasteiger partial charge in [-0.3, -0.25) is 4.57 Å². The van der Waals surface area contributed by atoms with E-state index in [1.54, 1.807) is 10.6 Å². The van der Waals surface area contributed by atoms with Crippen LogP contribution in [0, 0.1) is 19.7 Å². The van der Waals surface area contributed by atoms with Crippen molar-refractivity contribution in [2.45, 2.75) is 13.8 Å². The number of fused-ring (bicyclic) bond motifs is 1. The van der Waals surface area contributed by atoms with E-state index in [1.165, 1.54) is 17.7 Å². The molecule has 0 atom stereocenters. The van der Waals surface area contributed by atoms with Crippen molar-refractivity contribution in [1.29, 1.82) is 0 Å². The summed E-state index contributed by atoms with van der Waals surface area (Å²) in [6.45, 7) is 4.04. The van der Waals surface area contributed by atoms with Crippen LogP contribution in [0.5, 0.6) is 0 Å². The maximum Gasteiger partial charge on any atom is 0.205 e. The maximum absolute atomic E-state index is 13.4. The van der Waals surface area contributed by atoms with Crippen LogP contribution in [0.3, 0.4) is 0 Å². The Morgan fingerprint density at radius 1 is 1.11 bits per heavy atom. The van der Waals surface area contributed by atoms with Crippen molar-refractivity contribution in [2.24, 2.45) is 0 Å². The van der Waals surface area contributed by atoms with Crippen molar-refractivity contribution in [3.8, 4) is 5.69 Å². The van der Waals surface area contributed by atoms with Gasteiger partial charge in [0.1, 0.15) is 5.82 Å². The van der Waals surface area contributed by atoms with Crippen LogP contribution in [-0.2, 0) is 0 Å². The van der Waals surface area contributed by atoms with Crippen molar-refractivity contribution in [2.75, 3.05) is 5.73 Å². The van der Waals surface area contributed by atoms with E-state index in [0.717, 1.165) is 11.3 Å². The molecule has 0 saturated carbocycles. The van der Waals surface area contributed by atoms with E-state index in [2.05, 4.69) is 11.1 Å². The minimum atomic E-state index is -0.293. The zero-order valence-electron chi connectivity index (χ0n) is 10.8. The Labute approximate surface area is 110 Å². The zero-order valence-corrected chi connectivity index (χ0v) is 10.8. The molecule has 0 radical (unpaired) electrons. The molecule has 0 aliphatic rings. The molecule has 1 aromatic heterocycles. The van der Waals surface area contributed by atoms with E-state index < -0.39 is 0 Å². The predicted octanol–water partition coefficient (Wildman–Crippen LogP) is 3.36. The average Bonchev–Trinajstić information content (AvgIpc) is 2.65. The highest BCUT2D eigenvalue weighted by atomic mass is 19.1. The van der Waals surface area contributed by atoms with Crippen LogP contribution in [0.4, 0.5) is 10.3 Å². The second-order valence-electron chi connectivity index (χ2n) is 4.73. The van der Waals surface area contributed by atoms with Crippen molar-refractivity contribution in [1.82, 2.24) is 9.55 Å². The van der Waals surface area contributed by atoms with Gasteiger partial charge in [-0.15, -0.1) is 0 Å². The summed E-state index contributed by atoms with van der Waals surface area (Å²) in [6.07, 6.45) is 0. The highest BCUT2D eigenvalue weighted by Crippen LogP contribution is 2.26. The molecule has 0 aliphatic carbocycles. The fraction of sp³-hybridized carbons (Fsp3) is 0.133. The van der Waals surface area contributed by atoms with Crippen LogP contribution in [0.2, 0.25) is 0 Å². The van der Waals surface area contributed by atoms with Gasteiger partial charge in [0.15, 0.2) is 0 Å². The van der Waals surface area contributed by atoms with E-state index in [0.29, 0.717) is 17.0 Å². The molecular weight excluding hydrogens is 241 g/mol. The molecule has 3 rings (SSSR count). The molecule has 19 heavy (non-hydrogen) atoms. The smallest absolute Gasteiger partial charge is 0.205 e. The van der Waals surface area contributed by atoms with Gasteiger partial charge in [0, 0.05) is 6.07 Å². The Kier molecular flexibility index (Phi) is 2.52. The maximum atomic E-state index is 13.4. The largest absolute Gasteiger partial charge is 0.369 e. The van der Waals surface area contributed by atoms with Gasteiger partial charge in [-0.2, -0.15) is 0 Å². The molecule has 4 heteroatoms. The van der Waals surface area contributed by atoms with Crippen molar-refractivity contribution < 1.29 is 4.39 Å². The number of aromatic nitrogens is 2. The molecule has 0 amide bonds. The minimum absolute atomic E-state index is 0.293. The standard InChI is InChI=1S/C15H14FN3/c1-9-3-6-13(10(2)7-9)19-14-8-11(16)4-5-12(14)18-15(19)17/h3-8H,1-2H3,(H2,17,18).